The minimum Gasteiger partial charge on any atom is -0.394 e. The highest BCUT2D eigenvalue weighted by Gasteiger charge is 2.51. The molecular formula is C81H159NO13. The van der Waals surface area contributed by atoms with Gasteiger partial charge in [-0.05, 0) is 12.8 Å². The number of hydrogen-bond acceptors (Lipinski definition) is 13. The summed E-state index contributed by atoms with van der Waals surface area (Å²) in [5, 5.41) is 87.9. The molecule has 0 aliphatic carbocycles. The van der Waals surface area contributed by atoms with Crippen LogP contribution in [-0.4, -0.2) is 140 Å². The minimum absolute atomic E-state index is 0.194. The first kappa shape index (κ1) is 90.1. The Morgan fingerprint density at radius 3 is 0.895 bits per heavy atom. The van der Waals surface area contributed by atoms with Crippen LogP contribution in [0.25, 0.3) is 0 Å². The molecule has 2 heterocycles. The topological polar surface area (TPSA) is 228 Å². The molecule has 2 fully saturated rings. The standard InChI is InChI=1S/C81H159NO13/c1-3-5-7-9-11-13-15-17-19-21-23-25-27-29-31-33-35-37-39-41-43-45-47-49-51-53-55-57-59-61-63-65-73(86)82-69(68-92-80-78(91)76(89)79(72(67-84)94-80)95-81-77(90)75(88)74(87)71(66-83)93-81)70(85)64-62-60-58-56-54-52-50-48-46-44-42-40-38-36-34-32-30-28-26-24-22-20-18-16-14-12-10-8-6-4-2/h69-72,74-81,83-85,87-91H,3-68H2,1-2H3,(H,82,86). The van der Waals surface area contributed by atoms with Gasteiger partial charge in [0, 0.05) is 6.42 Å². The normalized spacial score (nSPS) is 22.2. The van der Waals surface area contributed by atoms with Crippen molar-refractivity contribution < 1.29 is 64.6 Å². The molecule has 0 aromatic carbocycles. The number of carbonyl (C=O) groups excluding carboxylic acids is 1. The summed E-state index contributed by atoms with van der Waals surface area (Å²) in [4.78, 5) is 13.4. The zero-order valence-corrected chi connectivity index (χ0v) is 62.2. The number of rotatable bonds is 72. The van der Waals surface area contributed by atoms with Crippen molar-refractivity contribution in [2.24, 2.45) is 0 Å². The highest BCUT2D eigenvalue weighted by atomic mass is 16.7. The molecule has 0 saturated carbocycles. The van der Waals surface area contributed by atoms with Crippen molar-refractivity contribution >= 4 is 5.91 Å². The van der Waals surface area contributed by atoms with Crippen molar-refractivity contribution in [2.75, 3.05) is 19.8 Å². The first-order chi connectivity index (χ1) is 46.6. The Morgan fingerprint density at radius 2 is 0.600 bits per heavy atom. The van der Waals surface area contributed by atoms with Crippen molar-refractivity contribution in [1.82, 2.24) is 5.32 Å². The van der Waals surface area contributed by atoms with Gasteiger partial charge in [0.1, 0.15) is 48.8 Å². The molecule has 0 spiro atoms. The van der Waals surface area contributed by atoms with E-state index in [2.05, 4.69) is 19.2 Å². The Kier molecular flexibility index (Phi) is 62.8. The van der Waals surface area contributed by atoms with Gasteiger partial charge in [-0.1, -0.05) is 399 Å². The SMILES string of the molecule is CCCCCCCCCCCCCCCCCCCCCCCCCCCCCCCCCC(=O)NC(COC1OC(CO)C(OC2OC(CO)C(O)C(O)C2O)C(O)C1O)C(O)CCCCCCCCCCCCCCCCCCCCCCCCCCCCCCCC. The van der Waals surface area contributed by atoms with E-state index in [1.807, 2.05) is 0 Å². The van der Waals surface area contributed by atoms with Crippen LogP contribution in [-0.2, 0) is 23.7 Å². The molecule has 0 bridgehead atoms. The quantitative estimate of drug-likeness (QED) is 0.0259. The zero-order chi connectivity index (χ0) is 68.7. The summed E-state index contributed by atoms with van der Waals surface area (Å²) in [6.45, 7) is 2.95. The van der Waals surface area contributed by atoms with E-state index in [0.29, 0.717) is 12.8 Å². The number of aliphatic hydroxyl groups is 8. The third-order valence-corrected chi connectivity index (χ3v) is 21.1. The van der Waals surface area contributed by atoms with Gasteiger partial charge in [-0.3, -0.25) is 4.79 Å². The molecule has 0 aromatic heterocycles. The fourth-order valence-electron chi connectivity index (χ4n) is 14.5. The Morgan fingerprint density at radius 1 is 0.337 bits per heavy atom. The van der Waals surface area contributed by atoms with E-state index < -0.39 is 86.8 Å². The maximum Gasteiger partial charge on any atom is 0.220 e. The summed E-state index contributed by atoms with van der Waals surface area (Å²) in [5.41, 5.74) is 0. The molecule has 2 rings (SSSR count). The summed E-state index contributed by atoms with van der Waals surface area (Å²) in [6, 6.07) is -0.826. The summed E-state index contributed by atoms with van der Waals surface area (Å²) >= 11 is 0. The van der Waals surface area contributed by atoms with Crippen molar-refractivity contribution in [2.45, 2.75) is 492 Å². The minimum atomic E-state index is -1.78. The molecule has 566 valence electrons. The highest BCUT2D eigenvalue weighted by Crippen LogP contribution is 2.31. The number of ether oxygens (including phenoxy) is 4. The van der Waals surface area contributed by atoms with E-state index in [4.69, 9.17) is 18.9 Å². The van der Waals surface area contributed by atoms with Crippen molar-refractivity contribution in [3.05, 3.63) is 0 Å². The van der Waals surface area contributed by atoms with Crippen LogP contribution in [0, 0.1) is 0 Å². The second-order valence-corrected chi connectivity index (χ2v) is 30.0. The number of unbranched alkanes of at least 4 members (excludes halogenated alkanes) is 59. The molecule has 9 N–H and O–H groups in total. The maximum absolute atomic E-state index is 13.4. The Labute approximate surface area is 584 Å². The predicted molar refractivity (Wildman–Crippen MR) is 393 cm³/mol. The molecule has 2 aliphatic rings. The van der Waals surface area contributed by atoms with Gasteiger partial charge in [-0.15, -0.1) is 0 Å². The van der Waals surface area contributed by atoms with E-state index in [1.165, 1.54) is 340 Å². The Hall–Kier alpha value is -1.01. The summed E-state index contributed by atoms with van der Waals surface area (Å²) < 4.78 is 23.0. The van der Waals surface area contributed by atoms with Gasteiger partial charge in [0.2, 0.25) is 5.91 Å². The van der Waals surface area contributed by atoms with Crippen LogP contribution in [0.15, 0.2) is 0 Å². The zero-order valence-electron chi connectivity index (χ0n) is 62.2. The van der Waals surface area contributed by atoms with Crippen LogP contribution in [0.2, 0.25) is 0 Å². The van der Waals surface area contributed by atoms with Gasteiger partial charge in [0.25, 0.3) is 0 Å². The van der Waals surface area contributed by atoms with Crippen LogP contribution in [0.1, 0.15) is 418 Å². The average molecular weight is 1360 g/mol. The van der Waals surface area contributed by atoms with E-state index in [1.54, 1.807) is 0 Å². The van der Waals surface area contributed by atoms with E-state index in [9.17, 15) is 45.6 Å². The van der Waals surface area contributed by atoms with Gasteiger partial charge in [0.15, 0.2) is 12.6 Å². The summed E-state index contributed by atoms with van der Waals surface area (Å²) in [6.07, 6.45) is 65.9. The molecule has 2 saturated heterocycles. The number of nitrogens with one attached hydrogen (secondary N) is 1. The lowest BCUT2D eigenvalue weighted by Crippen LogP contribution is -2.65. The van der Waals surface area contributed by atoms with Crippen molar-refractivity contribution in [3.8, 4) is 0 Å². The number of carbonyl (C=O) groups is 1. The van der Waals surface area contributed by atoms with Gasteiger partial charge in [-0.25, -0.2) is 0 Å². The monoisotopic (exact) mass is 1350 g/mol. The Bertz CT molecular complexity index is 1600. The second-order valence-electron chi connectivity index (χ2n) is 30.0. The molecule has 0 radical (unpaired) electrons. The molecule has 2 aliphatic heterocycles. The lowest BCUT2D eigenvalue weighted by atomic mass is 9.97. The third kappa shape index (κ3) is 49.3. The lowest BCUT2D eigenvalue weighted by Gasteiger charge is -2.46. The highest BCUT2D eigenvalue weighted by molar-refractivity contribution is 5.76. The fraction of sp³-hybridized carbons (Fsp3) is 0.988. The Balaban J connectivity index is 1.58. The molecule has 12 unspecified atom stereocenters. The molecule has 95 heavy (non-hydrogen) atoms. The lowest BCUT2D eigenvalue weighted by molar-refractivity contribution is -0.359. The molecule has 14 nitrogen and oxygen atoms in total. The summed E-state index contributed by atoms with van der Waals surface area (Å²) in [5.74, 6) is -0.194. The molecule has 12 atom stereocenters. The first-order valence-electron chi connectivity index (χ1n) is 41.8. The summed E-state index contributed by atoms with van der Waals surface area (Å²) in [7, 11) is 0. The van der Waals surface area contributed by atoms with Crippen LogP contribution < -0.4 is 5.32 Å². The number of aliphatic hydroxyl groups excluding tert-OH is 8. The van der Waals surface area contributed by atoms with Crippen molar-refractivity contribution in [1.29, 1.82) is 0 Å². The van der Waals surface area contributed by atoms with Crippen LogP contribution in [0.4, 0.5) is 0 Å². The smallest absolute Gasteiger partial charge is 0.220 e. The fourth-order valence-corrected chi connectivity index (χ4v) is 14.5. The van der Waals surface area contributed by atoms with E-state index in [0.717, 1.165) is 51.4 Å². The maximum atomic E-state index is 13.4. The second kappa shape index (κ2) is 66.2. The van der Waals surface area contributed by atoms with Gasteiger partial charge in [0.05, 0.1) is 32.0 Å². The molecule has 0 aromatic rings. The van der Waals surface area contributed by atoms with Gasteiger partial charge < -0.3 is 65.1 Å². The number of amides is 1. The van der Waals surface area contributed by atoms with Crippen LogP contribution >= 0.6 is 0 Å². The largest absolute Gasteiger partial charge is 0.394 e. The molecular weight excluding hydrogens is 1190 g/mol. The first-order valence-corrected chi connectivity index (χ1v) is 41.8. The molecule has 1 amide bonds. The van der Waals surface area contributed by atoms with Gasteiger partial charge in [-0.2, -0.15) is 0 Å². The molecule has 14 heteroatoms. The average Bonchev–Trinajstić information content (AvgIpc) is 0.801. The van der Waals surface area contributed by atoms with E-state index in [-0.39, 0.29) is 12.5 Å². The predicted octanol–water partition coefficient (Wildman–Crippen LogP) is 19.1. The van der Waals surface area contributed by atoms with Gasteiger partial charge >= 0.3 is 0 Å². The van der Waals surface area contributed by atoms with Crippen LogP contribution in [0.3, 0.4) is 0 Å². The van der Waals surface area contributed by atoms with Crippen molar-refractivity contribution in [3.63, 3.8) is 0 Å². The number of hydrogen-bond donors (Lipinski definition) is 9. The van der Waals surface area contributed by atoms with Crippen LogP contribution in [0.5, 0.6) is 0 Å². The van der Waals surface area contributed by atoms with E-state index >= 15 is 0 Å². The third-order valence-electron chi connectivity index (χ3n) is 21.1.